The van der Waals surface area contributed by atoms with Crippen LogP contribution in [0.15, 0.2) is 148 Å². The zero-order chi connectivity index (χ0) is 32.5. The molecule has 45 heavy (non-hydrogen) atoms. The second-order valence-corrected chi connectivity index (χ2v) is 11.0. The van der Waals surface area contributed by atoms with Crippen LogP contribution in [0.3, 0.4) is 0 Å². The Morgan fingerprint density at radius 3 is 1.58 bits per heavy atom. The Hall–Kier alpha value is -5.20. The molecule has 1 aromatic heterocycles. The Bertz CT molecular complexity index is 1670. The van der Waals surface area contributed by atoms with E-state index in [-0.39, 0.29) is 5.41 Å². The van der Waals surface area contributed by atoms with Crippen molar-refractivity contribution in [3.05, 3.63) is 144 Å². The third-order valence-electron chi connectivity index (χ3n) is 7.00. The first-order chi connectivity index (χ1) is 21.8. The summed E-state index contributed by atoms with van der Waals surface area (Å²) in [6, 6.07) is 37.3. The third-order valence-corrected chi connectivity index (χ3v) is 7.00. The molecule has 1 aliphatic carbocycles. The molecule has 6 heteroatoms. The van der Waals surface area contributed by atoms with Crippen molar-refractivity contribution in [2.45, 2.75) is 26.9 Å². The highest BCUT2D eigenvalue weighted by molar-refractivity contribution is 6.07. The summed E-state index contributed by atoms with van der Waals surface area (Å²) >= 11 is 0. The first-order valence-corrected chi connectivity index (χ1v) is 14.8. The molecule has 0 amide bonds. The monoisotopic (exact) mass is 596 g/mol. The normalized spacial score (nSPS) is 12.6. The lowest BCUT2D eigenvalue weighted by atomic mass is 9.96. The Balaban J connectivity index is 0.000000166. The van der Waals surface area contributed by atoms with E-state index in [4.69, 9.17) is 5.41 Å². The minimum Gasteiger partial charge on any atom is -0.344 e. The van der Waals surface area contributed by atoms with Gasteiger partial charge in [-0.1, -0.05) is 111 Å². The Morgan fingerprint density at radius 1 is 0.689 bits per heavy atom. The van der Waals surface area contributed by atoms with Crippen molar-refractivity contribution in [2.24, 2.45) is 27.4 Å². The second kappa shape index (κ2) is 17.8. The largest absolute Gasteiger partial charge is 0.344 e. The topological polar surface area (TPSA) is 77.9 Å². The molecule has 0 saturated carbocycles. The van der Waals surface area contributed by atoms with Gasteiger partial charge in [-0.15, -0.1) is 0 Å². The first-order valence-electron chi connectivity index (χ1n) is 14.8. The minimum atomic E-state index is 0.0487. The maximum absolute atomic E-state index is 6.78. The van der Waals surface area contributed by atoms with Gasteiger partial charge in [-0.05, 0) is 55.6 Å². The molecule has 0 unspecified atom stereocenters. The van der Waals surface area contributed by atoms with E-state index in [9.17, 15) is 0 Å². The van der Waals surface area contributed by atoms with Crippen LogP contribution in [-0.4, -0.2) is 37.5 Å². The van der Waals surface area contributed by atoms with Gasteiger partial charge in [0.2, 0.25) is 0 Å². The number of benzene rings is 4. The van der Waals surface area contributed by atoms with Crippen molar-refractivity contribution in [1.29, 1.82) is 5.41 Å². The maximum atomic E-state index is 6.78. The number of rotatable bonds is 8. The van der Waals surface area contributed by atoms with Crippen LogP contribution < -0.4 is 5.32 Å². The molecule has 1 heterocycles. The predicted molar refractivity (Wildman–Crippen MR) is 196 cm³/mol. The van der Waals surface area contributed by atoms with Gasteiger partial charge < -0.3 is 15.3 Å². The smallest absolute Gasteiger partial charge is 0.0844 e. The van der Waals surface area contributed by atoms with Crippen molar-refractivity contribution >= 4 is 48.2 Å². The first kappa shape index (κ1) is 34.3. The zero-order valence-corrected chi connectivity index (χ0v) is 26.7. The zero-order valence-electron chi connectivity index (χ0n) is 26.7. The number of nitrogens with one attached hydrogen (secondary N) is 2. The van der Waals surface area contributed by atoms with Crippen molar-refractivity contribution in [1.82, 2.24) is 9.88 Å². The van der Waals surface area contributed by atoms with E-state index >= 15 is 0 Å². The SMILES string of the molecule is C=NC1=CC(C)(C)C=C1N=C.C=NCc1ccccc1.Cn1c2ccccc2c2ccccc21.N=CCNCc1ccccc1. The van der Waals surface area contributed by atoms with E-state index in [0.29, 0.717) is 6.54 Å². The molecule has 0 bridgehead atoms. The van der Waals surface area contributed by atoms with Crippen LogP contribution in [0.1, 0.15) is 25.0 Å². The van der Waals surface area contributed by atoms with Gasteiger partial charge in [0.25, 0.3) is 0 Å². The predicted octanol–water partition coefficient (Wildman–Crippen LogP) is 8.84. The number of allylic oxidation sites excluding steroid dienone is 2. The van der Waals surface area contributed by atoms with Crippen LogP contribution in [-0.2, 0) is 20.1 Å². The Labute approximate surface area is 267 Å². The second-order valence-electron chi connectivity index (χ2n) is 11.0. The van der Waals surface area contributed by atoms with Gasteiger partial charge in [-0.25, -0.2) is 0 Å². The average molecular weight is 597 g/mol. The lowest BCUT2D eigenvalue weighted by Gasteiger charge is -2.07. The molecule has 5 aromatic rings. The van der Waals surface area contributed by atoms with Crippen LogP contribution in [0.5, 0.6) is 0 Å². The van der Waals surface area contributed by atoms with Crippen LogP contribution in [0, 0.1) is 10.8 Å². The van der Waals surface area contributed by atoms with E-state index in [1.165, 1.54) is 39.1 Å². The molecule has 0 fully saturated rings. The molecule has 6 rings (SSSR count). The van der Waals surface area contributed by atoms with Crippen LogP contribution in [0.25, 0.3) is 21.8 Å². The summed E-state index contributed by atoms with van der Waals surface area (Å²) in [6.07, 6.45) is 5.43. The van der Waals surface area contributed by atoms with Gasteiger partial charge in [-0.2, -0.15) is 0 Å². The minimum absolute atomic E-state index is 0.0487. The number of fused-ring (bicyclic) bond motifs is 3. The van der Waals surface area contributed by atoms with E-state index in [0.717, 1.165) is 24.5 Å². The molecule has 4 aromatic carbocycles. The number of para-hydroxylation sites is 2. The van der Waals surface area contributed by atoms with Crippen LogP contribution in [0.4, 0.5) is 0 Å². The molecule has 0 radical (unpaired) electrons. The number of aromatic nitrogens is 1. The Morgan fingerprint density at radius 2 is 1.13 bits per heavy atom. The van der Waals surface area contributed by atoms with Crippen LogP contribution in [0.2, 0.25) is 0 Å². The molecule has 0 atom stereocenters. The van der Waals surface area contributed by atoms with Crippen molar-refractivity contribution in [3.63, 3.8) is 0 Å². The summed E-state index contributed by atoms with van der Waals surface area (Å²) in [5.41, 5.74) is 6.80. The van der Waals surface area contributed by atoms with Crippen LogP contribution >= 0.6 is 0 Å². The summed E-state index contributed by atoms with van der Waals surface area (Å²) in [7, 11) is 2.12. The number of hydrogen-bond donors (Lipinski definition) is 2. The molecular formula is C39H44N6. The molecule has 0 spiro atoms. The standard InChI is InChI=1S/C13H11N.2C9H12N2.C8H9N/c1-14-12-8-4-2-6-10(12)11-7-3-5-9-13(11)14;1-9(2)5-7(10-3)8(6-9)11-4;10-6-7-11-8-9-4-2-1-3-5-9;1-9-7-8-5-3-2-4-6-8/h2-9H,1H3;5-6H,3-4H2,1-2H3;1-6,10-11H,7-8H2;2-6H,1,7H2. The molecule has 6 nitrogen and oxygen atoms in total. The fourth-order valence-corrected chi connectivity index (χ4v) is 4.86. The highest BCUT2D eigenvalue weighted by Crippen LogP contribution is 2.34. The molecule has 0 saturated heterocycles. The number of aryl methyl sites for hydroxylation is 1. The average Bonchev–Trinajstić information content (AvgIpc) is 3.55. The fourth-order valence-electron chi connectivity index (χ4n) is 4.86. The quantitative estimate of drug-likeness (QED) is 0.136. The third kappa shape index (κ3) is 10.5. The van der Waals surface area contributed by atoms with Gasteiger partial charge in [0.1, 0.15) is 0 Å². The Kier molecular flexibility index (Phi) is 13.6. The van der Waals surface area contributed by atoms with Gasteiger partial charge in [0.15, 0.2) is 0 Å². The maximum Gasteiger partial charge on any atom is 0.0844 e. The fraction of sp³-hybridized carbons (Fsp3) is 0.179. The van der Waals surface area contributed by atoms with E-state index in [1.54, 1.807) is 0 Å². The number of hydrogen-bond acceptors (Lipinski definition) is 5. The van der Waals surface area contributed by atoms with Gasteiger partial charge >= 0.3 is 0 Å². The summed E-state index contributed by atoms with van der Waals surface area (Å²) in [4.78, 5) is 11.4. The molecule has 230 valence electrons. The van der Waals surface area contributed by atoms with Gasteiger partial charge in [0.05, 0.1) is 17.9 Å². The van der Waals surface area contributed by atoms with Gasteiger partial charge in [-0.3, -0.25) is 15.0 Å². The molecular weight excluding hydrogens is 552 g/mol. The lowest BCUT2D eigenvalue weighted by molar-refractivity contribution is 0.633. The summed E-state index contributed by atoms with van der Waals surface area (Å²) in [5, 5.41) is 12.6. The molecule has 1 aliphatic rings. The number of nitrogens with zero attached hydrogens (tertiary/aromatic N) is 4. The molecule has 2 N–H and O–H groups in total. The van der Waals surface area contributed by atoms with Gasteiger partial charge in [0, 0.05) is 53.6 Å². The summed E-state index contributed by atoms with van der Waals surface area (Å²) in [5.74, 6) is 0. The van der Waals surface area contributed by atoms with Crippen molar-refractivity contribution < 1.29 is 0 Å². The lowest BCUT2D eigenvalue weighted by Crippen LogP contribution is -2.14. The van der Waals surface area contributed by atoms with E-state index in [1.807, 2.05) is 60.7 Å². The van der Waals surface area contributed by atoms with E-state index < -0.39 is 0 Å². The van der Waals surface area contributed by atoms with E-state index in [2.05, 4.69) is 127 Å². The highest BCUT2D eigenvalue weighted by Gasteiger charge is 2.21. The molecule has 0 aliphatic heterocycles. The summed E-state index contributed by atoms with van der Waals surface area (Å²) in [6.45, 7) is 16.7. The van der Waals surface area contributed by atoms with Crippen molar-refractivity contribution in [3.8, 4) is 0 Å². The van der Waals surface area contributed by atoms with Crippen molar-refractivity contribution in [2.75, 3.05) is 6.54 Å². The number of aliphatic imine (C=N–C) groups is 3. The summed E-state index contributed by atoms with van der Waals surface area (Å²) < 4.78 is 2.24. The highest BCUT2D eigenvalue weighted by atomic mass is 14.9.